The van der Waals surface area contributed by atoms with Crippen LogP contribution in [0.5, 0.6) is 0 Å². The van der Waals surface area contributed by atoms with Crippen LogP contribution in [0.15, 0.2) is 291 Å². The molecule has 0 saturated heterocycles. The fraction of sp³-hybridized carbons (Fsp3) is 0.0370. The lowest BCUT2D eigenvalue weighted by Crippen LogP contribution is -2.27. The largest absolute Gasteiger partial charge is 0.0725 e. The maximum Gasteiger partial charge on any atom is 0.0725 e. The molecule has 0 fully saturated rings. The van der Waals surface area contributed by atoms with Crippen molar-refractivity contribution < 1.29 is 0 Å². The summed E-state index contributed by atoms with van der Waals surface area (Å²) in [7, 11) is -1.03. The second-order valence-corrected chi connectivity index (χ2v) is 25.2. The third kappa shape index (κ3) is 5.89. The highest BCUT2D eigenvalue weighted by atomic mass is 31.1. The smallest absolute Gasteiger partial charge is 0.0619 e. The third-order valence-electron chi connectivity index (χ3n) is 19.4. The highest BCUT2D eigenvalue weighted by Gasteiger charge is 2.54. The van der Waals surface area contributed by atoms with E-state index in [0.717, 1.165) is 0 Å². The minimum Gasteiger partial charge on any atom is -0.0619 e. The van der Waals surface area contributed by atoms with Gasteiger partial charge < -0.3 is 0 Å². The molecule has 12 aromatic rings. The first-order chi connectivity index (χ1) is 40.7. The normalized spacial score (nSPS) is 15.7. The highest BCUT2D eigenvalue weighted by Crippen LogP contribution is 2.65. The molecule has 0 amide bonds. The lowest BCUT2D eigenvalue weighted by Gasteiger charge is -2.33. The van der Waals surface area contributed by atoms with Crippen LogP contribution < -0.4 is 15.9 Å². The summed E-state index contributed by atoms with van der Waals surface area (Å²) >= 11 is 0. The van der Waals surface area contributed by atoms with Gasteiger partial charge in [-0.15, -0.1) is 0 Å². The van der Waals surface area contributed by atoms with Gasteiger partial charge in [0.15, 0.2) is 0 Å². The molecule has 0 nitrogen and oxygen atoms in total. The molecule has 0 bridgehead atoms. The summed E-state index contributed by atoms with van der Waals surface area (Å²) in [6.45, 7) is 0. The van der Waals surface area contributed by atoms with E-state index in [9.17, 15) is 0 Å². The van der Waals surface area contributed by atoms with Crippen molar-refractivity contribution in [3.63, 3.8) is 0 Å². The molecule has 82 heavy (non-hydrogen) atoms. The summed E-state index contributed by atoms with van der Waals surface area (Å²) < 4.78 is 0. The van der Waals surface area contributed by atoms with Crippen molar-refractivity contribution in [1.82, 2.24) is 0 Å². The minimum absolute atomic E-state index is 0.416. The number of rotatable bonds is 6. The monoisotopic (exact) mass is 1050 g/mol. The van der Waals surface area contributed by atoms with E-state index < -0.39 is 24.2 Å². The quantitative estimate of drug-likeness (QED) is 0.146. The molecule has 0 N–H and O–H groups in total. The summed E-state index contributed by atoms with van der Waals surface area (Å²) in [5, 5.41) is 3.96. The Balaban J connectivity index is 0.789. The topological polar surface area (TPSA) is 0 Å². The van der Waals surface area contributed by atoms with Gasteiger partial charge in [-0.25, -0.2) is 0 Å². The summed E-state index contributed by atoms with van der Waals surface area (Å²) in [5.74, 6) is 0. The number of hydrogen-bond donors (Lipinski definition) is 0. The zero-order valence-electron chi connectivity index (χ0n) is 44.9. The van der Waals surface area contributed by atoms with Crippen LogP contribution in [-0.2, 0) is 16.2 Å². The van der Waals surface area contributed by atoms with Crippen LogP contribution in [0.4, 0.5) is 0 Å². The van der Waals surface area contributed by atoms with E-state index in [1.807, 2.05) is 0 Å². The van der Waals surface area contributed by atoms with Crippen LogP contribution in [0, 0.1) is 0 Å². The molecule has 0 aliphatic heterocycles. The van der Waals surface area contributed by atoms with Crippen LogP contribution in [-0.4, -0.2) is 0 Å². The molecule has 6 aliphatic carbocycles. The van der Waals surface area contributed by atoms with E-state index in [2.05, 4.69) is 309 Å². The first kappa shape index (κ1) is 46.1. The molecule has 6 aliphatic rings. The summed E-state index contributed by atoms with van der Waals surface area (Å²) in [6, 6.07) is 111. The molecule has 380 valence electrons. The average molecular weight is 1060 g/mol. The second-order valence-electron chi connectivity index (χ2n) is 22.9. The lowest BCUT2D eigenvalue weighted by molar-refractivity contribution is 0.842. The Morgan fingerprint density at radius 2 is 0.378 bits per heavy atom. The Labute approximate surface area is 480 Å². The molecule has 0 saturated carbocycles. The molecule has 0 atom stereocenters. The summed E-state index contributed by atoms with van der Waals surface area (Å²) in [4.78, 5) is 0. The van der Waals surface area contributed by atoms with E-state index >= 15 is 0 Å². The van der Waals surface area contributed by atoms with Crippen LogP contribution in [0.25, 0.3) is 68.3 Å². The maximum absolute atomic E-state index is 2.47. The van der Waals surface area contributed by atoms with E-state index in [4.69, 9.17) is 0 Å². The van der Waals surface area contributed by atoms with E-state index in [-0.39, 0.29) is 0 Å². The van der Waals surface area contributed by atoms with E-state index in [1.165, 1.54) is 149 Å². The fourth-order valence-corrected chi connectivity index (χ4v) is 18.5. The fourth-order valence-electron chi connectivity index (χ4n) is 16.3. The van der Waals surface area contributed by atoms with Gasteiger partial charge in [-0.2, -0.15) is 0 Å². The molecule has 0 heterocycles. The van der Waals surface area contributed by atoms with Crippen LogP contribution >= 0.6 is 7.92 Å². The Morgan fingerprint density at radius 1 is 0.183 bits per heavy atom. The Bertz CT molecular complexity index is 4170. The molecule has 18 rings (SSSR count). The second kappa shape index (κ2) is 17.2. The van der Waals surface area contributed by atoms with E-state index in [1.54, 1.807) is 0 Å². The van der Waals surface area contributed by atoms with Gasteiger partial charge in [0, 0.05) is 0 Å². The molecule has 0 aromatic heterocycles. The molecule has 0 radical (unpaired) electrons. The lowest BCUT2D eigenvalue weighted by atomic mass is 9.68. The molecule has 0 unspecified atom stereocenters. The van der Waals surface area contributed by atoms with Crippen molar-refractivity contribution in [2.75, 3.05) is 0 Å². The molecular formula is C81H51P. The van der Waals surface area contributed by atoms with Crippen LogP contribution in [0.3, 0.4) is 0 Å². The standard InChI is InChI=1S/C81H51P/c1-10-28-67-55(19-1)49-76(79(67)70-31-13-4-22-61(70)62-23-5-14-32-71(62)79)52-37-43-58(44-38-52)82(59-45-39-53(40-46-59)77-50-56-20-2-11-29-68(56)80(77)72-33-15-6-24-63(72)64-25-7-16-34-73(64)80)60-47-41-54(42-48-60)78-51-57-21-3-12-30-69(57)81(78)74-35-17-8-26-65(74)66-27-9-18-36-75(66)81/h1-51H. The third-order valence-corrected chi connectivity index (χ3v) is 21.8. The van der Waals surface area contributed by atoms with Crippen molar-refractivity contribution in [3.05, 3.63) is 375 Å². The SMILES string of the molecule is C1=C(c2ccc(P(c3ccc(C4=Cc5ccccc5C45c4ccccc4-c4ccccc45)cc3)c3ccc(C4=Cc5ccccc5C45c4ccccc4-c4ccccc45)cc3)cc2)C2(c3ccccc31)c1ccccc1-c1ccccc12. The first-order valence-electron chi connectivity index (χ1n) is 28.8. The molecule has 3 spiro atoms. The predicted octanol–water partition coefficient (Wildman–Crippen LogP) is 18.1. The number of fused-ring (bicyclic) bond motifs is 21. The van der Waals surface area contributed by atoms with Gasteiger partial charge in [0.1, 0.15) is 0 Å². The van der Waals surface area contributed by atoms with E-state index in [0.29, 0.717) is 0 Å². The first-order valence-corrected chi connectivity index (χ1v) is 30.2. The van der Waals surface area contributed by atoms with Gasteiger partial charge in [-0.1, -0.05) is 291 Å². The summed E-state index contributed by atoms with van der Waals surface area (Å²) in [5.41, 5.74) is 30.5. The Hall–Kier alpha value is -9.71. The van der Waals surface area contributed by atoms with Crippen molar-refractivity contribution in [2.45, 2.75) is 16.2 Å². The number of benzene rings is 12. The van der Waals surface area contributed by atoms with Crippen molar-refractivity contribution in [2.24, 2.45) is 0 Å². The zero-order chi connectivity index (χ0) is 53.7. The summed E-state index contributed by atoms with van der Waals surface area (Å²) in [6.07, 6.45) is 7.41. The van der Waals surface area contributed by atoms with Crippen LogP contribution in [0.2, 0.25) is 0 Å². The molecular weight excluding hydrogens is 1000 g/mol. The predicted molar refractivity (Wildman–Crippen MR) is 343 cm³/mol. The molecule has 12 aromatic carbocycles. The van der Waals surface area contributed by atoms with Gasteiger partial charge >= 0.3 is 0 Å². The average Bonchev–Trinajstić information content (AvgIpc) is 1.93. The van der Waals surface area contributed by atoms with Gasteiger partial charge in [-0.3, -0.25) is 0 Å². The van der Waals surface area contributed by atoms with Crippen molar-refractivity contribution >= 4 is 58.8 Å². The number of hydrogen-bond acceptors (Lipinski definition) is 0. The van der Waals surface area contributed by atoms with Crippen LogP contribution in [0.1, 0.15) is 83.5 Å². The number of allylic oxidation sites excluding steroid dienone is 3. The van der Waals surface area contributed by atoms with Gasteiger partial charge in [-0.05, 0) is 176 Å². The van der Waals surface area contributed by atoms with Crippen molar-refractivity contribution in [1.29, 1.82) is 0 Å². The van der Waals surface area contributed by atoms with Gasteiger partial charge in [0.2, 0.25) is 0 Å². The molecule has 1 heteroatoms. The van der Waals surface area contributed by atoms with Crippen molar-refractivity contribution in [3.8, 4) is 33.4 Å². The van der Waals surface area contributed by atoms with Gasteiger partial charge in [0.25, 0.3) is 0 Å². The zero-order valence-corrected chi connectivity index (χ0v) is 45.8. The van der Waals surface area contributed by atoms with Gasteiger partial charge in [0.05, 0.1) is 16.2 Å². The Morgan fingerprint density at radius 3 is 0.610 bits per heavy atom. The maximum atomic E-state index is 2.47. The minimum atomic E-state index is -1.03. The Kier molecular flexibility index (Phi) is 9.64. The highest BCUT2D eigenvalue weighted by molar-refractivity contribution is 7.79.